The Morgan fingerprint density at radius 2 is 2.06 bits per heavy atom. The van der Waals surface area contributed by atoms with Crippen molar-refractivity contribution in [2.75, 3.05) is 31.1 Å². The number of nitro benzene ring substituents is 1. The van der Waals surface area contributed by atoms with Gasteiger partial charge in [0.15, 0.2) is 0 Å². The average Bonchev–Trinajstić information content (AvgIpc) is 2.29. The molecule has 0 unspecified atom stereocenters. The number of hydrogen-bond donors (Lipinski definition) is 1. The monoisotopic (exact) mass is 242 g/mol. The number of hydrogen-bond acceptors (Lipinski definition) is 3. The zero-order valence-electron chi connectivity index (χ0n) is 8.73. The number of benzene rings is 1. The predicted octanol–water partition coefficient (Wildman–Crippen LogP) is 0.632. The van der Waals surface area contributed by atoms with Gasteiger partial charge < -0.3 is 10.2 Å². The molecule has 1 aliphatic rings. The van der Waals surface area contributed by atoms with E-state index in [-0.39, 0.29) is 10.6 Å². The highest BCUT2D eigenvalue weighted by molar-refractivity contribution is 6.33. The first-order valence-electron chi connectivity index (χ1n) is 5.19. The normalized spacial score (nSPS) is 16.2. The third kappa shape index (κ3) is 2.10. The van der Waals surface area contributed by atoms with Crippen molar-refractivity contribution in [1.29, 1.82) is 0 Å². The van der Waals surface area contributed by atoms with Crippen LogP contribution in [0.15, 0.2) is 18.2 Å². The fourth-order valence-electron chi connectivity index (χ4n) is 1.94. The van der Waals surface area contributed by atoms with E-state index in [0.29, 0.717) is 10.7 Å². The second-order valence-corrected chi connectivity index (χ2v) is 4.12. The zero-order chi connectivity index (χ0) is 11.5. The van der Waals surface area contributed by atoms with Crippen LogP contribution in [0.25, 0.3) is 0 Å². The van der Waals surface area contributed by atoms with Gasteiger partial charge in [0.1, 0.15) is 5.69 Å². The minimum absolute atomic E-state index is 0.0920. The van der Waals surface area contributed by atoms with Crippen LogP contribution in [0.2, 0.25) is 5.02 Å². The van der Waals surface area contributed by atoms with Gasteiger partial charge in [-0.1, -0.05) is 17.7 Å². The van der Waals surface area contributed by atoms with Crippen LogP contribution in [0, 0.1) is 10.1 Å². The number of quaternary nitrogens is 1. The maximum Gasteiger partial charge on any atom is 0.294 e. The maximum absolute atomic E-state index is 10.9. The van der Waals surface area contributed by atoms with E-state index in [0.717, 1.165) is 26.2 Å². The number of nitro groups is 1. The van der Waals surface area contributed by atoms with E-state index < -0.39 is 0 Å². The van der Waals surface area contributed by atoms with Gasteiger partial charge in [-0.2, -0.15) is 0 Å². The summed E-state index contributed by atoms with van der Waals surface area (Å²) in [5.41, 5.74) is 0.650. The lowest BCUT2D eigenvalue weighted by Crippen LogP contribution is -2.89. The third-order valence-electron chi connectivity index (χ3n) is 2.68. The number of nitrogens with two attached hydrogens (primary N) is 1. The Bertz CT molecular complexity index is 405. The van der Waals surface area contributed by atoms with Crippen LogP contribution in [0.4, 0.5) is 11.4 Å². The van der Waals surface area contributed by atoms with Gasteiger partial charge in [-0.15, -0.1) is 0 Å². The second kappa shape index (κ2) is 4.67. The first-order valence-corrected chi connectivity index (χ1v) is 5.57. The highest BCUT2D eigenvalue weighted by Gasteiger charge is 2.24. The van der Waals surface area contributed by atoms with Crippen molar-refractivity contribution in [3.8, 4) is 0 Å². The molecule has 0 aliphatic carbocycles. The molecule has 1 aromatic carbocycles. The summed E-state index contributed by atoms with van der Waals surface area (Å²) in [6.45, 7) is 3.49. The van der Waals surface area contributed by atoms with Gasteiger partial charge in [-0.05, 0) is 6.07 Å². The molecule has 2 rings (SSSR count). The number of anilines is 1. The quantitative estimate of drug-likeness (QED) is 0.611. The Kier molecular flexibility index (Phi) is 3.26. The minimum atomic E-state index is -0.375. The van der Waals surface area contributed by atoms with Crippen molar-refractivity contribution in [3.05, 3.63) is 33.3 Å². The molecule has 2 N–H and O–H groups in total. The van der Waals surface area contributed by atoms with Crippen molar-refractivity contribution in [1.82, 2.24) is 0 Å². The van der Waals surface area contributed by atoms with Crippen molar-refractivity contribution >= 4 is 23.0 Å². The van der Waals surface area contributed by atoms with Crippen LogP contribution in [0.1, 0.15) is 0 Å². The Hall–Kier alpha value is -1.33. The second-order valence-electron chi connectivity index (χ2n) is 3.72. The van der Waals surface area contributed by atoms with E-state index in [1.807, 2.05) is 4.90 Å². The molecule has 0 saturated carbocycles. The van der Waals surface area contributed by atoms with Gasteiger partial charge in [-0.25, -0.2) is 0 Å². The van der Waals surface area contributed by atoms with Crippen LogP contribution in [0.5, 0.6) is 0 Å². The van der Waals surface area contributed by atoms with Gasteiger partial charge in [-0.3, -0.25) is 10.1 Å². The molecule has 1 heterocycles. The molecule has 1 aromatic rings. The zero-order valence-corrected chi connectivity index (χ0v) is 9.48. The van der Waals surface area contributed by atoms with Gasteiger partial charge in [0.05, 0.1) is 36.1 Å². The Balaban J connectivity index is 2.40. The molecule has 86 valence electrons. The highest BCUT2D eigenvalue weighted by atomic mass is 35.5. The molecule has 5 nitrogen and oxygen atoms in total. The molecular formula is C10H13ClN3O2+. The van der Waals surface area contributed by atoms with E-state index in [1.165, 1.54) is 6.07 Å². The Morgan fingerprint density at radius 1 is 1.38 bits per heavy atom. The van der Waals surface area contributed by atoms with E-state index in [1.54, 1.807) is 12.1 Å². The summed E-state index contributed by atoms with van der Waals surface area (Å²) in [5.74, 6) is 0. The number of para-hydroxylation sites is 1. The summed E-state index contributed by atoms with van der Waals surface area (Å²) < 4.78 is 0. The Labute approximate surface area is 98.2 Å². The van der Waals surface area contributed by atoms with Crippen LogP contribution in [-0.4, -0.2) is 31.1 Å². The number of halogens is 1. The molecule has 6 heteroatoms. The number of nitrogens with zero attached hydrogens (tertiary/aromatic N) is 2. The van der Waals surface area contributed by atoms with Crippen LogP contribution < -0.4 is 10.2 Å². The summed E-state index contributed by atoms with van der Waals surface area (Å²) in [6, 6.07) is 4.81. The van der Waals surface area contributed by atoms with Gasteiger partial charge in [0.25, 0.3) is 5.69 Å². The molecule has 1 saturated heterocycles. The minimum Gasteiger partial charge on any atom is -0.353 e. The number of piperazine rings is 1. The molecular weight excluding hydrogens is 230 g/mol. The van der Waals surface area contributed by atoms with Crippen molar-refractivity contribution < 1.29 is 10.2 Å². The van der Waals surface area contributed by atoms with E-state index in [9.17, 15) is 10.1 Å². The van der Waals surface area contributed by atoms with Crippen LogP contribution in [-0.2, 0) is 0 Å². The fourth-order valence-corrected chi connectivity index (χ4v) is 2.23. The smallest absolute Gasteiger partial charge is 0.294 e. The van der Waals surface area contributed by atoms with Crippen LogP contribution in [0.3, 0.4) is 0 Å². The lowest BCUT2D eigenvalue weighted by molar-refractivity contribution is -0.655. The SMILES string of the molecule is O=[N+]([O-])c1cccc(Cl)c1N1CC[NH2+]CC1. The third-order valence-corrected chi connectivity index (χ3v) is 2.99. The standard InChI is InChI=1S/C10H12ClN3O2/c11-8-2-1-3-9(14(15)16)10(8)13-6-4-12-5-7-13/h1-3,12H,4-7H2/p+1. The van der Waals surface area contributed by atoms with Crippen molar-refractivity contribution in [3.63, 3.8) is 0 Å². The molecule has 1 aliphatic heterocycles. The lowest BCUT2D eigenvalue weighted by atomic mass is 10.2. The molecule has 0 radical (unpaired) electrons. The largest absolute Gasteiger partial charge is 0.353 e. The molecule has 1 fully saturated rings. The van der Waals surface area contributed by atoms with E-state index >= 15 is 0 Å². The Morgan fingerprint density at radius 3 is 2.69 bits per heavy atom. The van der Waals surface area contributed by atoms with E-state index in [4.69, 9.17) is 11.6 Å². The molecule has 16 heavy (non-hydrogen) atoms. The fraction of sp³-hybridized carbons (Fsp3) is 0.400. The molecule has 0 bridgehead atoms. The lowest BCUT2D eigenvalue weighted by Gasteiger charge is -2.27. The van der Waals surface area contributed by atoms with Crippen molar-refractivity contribution in [2.45, 2.75) is 0 Å². The molecule has 0 aromatic heterocycles. The summed E-state index contributed by atoms with van der Waals surface area (Å²) >= 11 is 6.05. The summed E-state index contributed by atoms with van der Waals surface area (Å²) in [4.78, 5) is 12.5. The van der Waals surface area contributed by atoms with Crippen molar-refractivity contribution in [2.24, 2.45) is 0 Å². The molecule has 0 spiro atoms. The van der Waals surface area contributed by atoms with Gasteiger partial charge in [0, 0.05) is 6.07 Å². The number of rotatable bonds is 2. The first kappa shape index (κ1) is 11.2. The highest BCUT2D eigenvalue weighted by Crippen LogP contribution is 2.35. The predicted molar refractivity (Wildman–Crippen MR) is 62.0 cm³/mol. The summed E-state index contributed by atoms with van der Waals surface area (Å²) in [6.07, 6.45) is 0. The van der Waals surface area contributed by atoms with Gasteiger partial charge >= 0.3 is 0 Å². The van der Waals surface area contributed by atoms with Gasteiger partial charge in [0.2, 0.25) is 0 Å². The topological polar surface area (TPSA) is 63.0 Å². The average molecular weight is 243 g/mol. The molecule has 0 atom stereocenters. The first-order chi connectivity index (χ1) is 7.70. The van der Waals surface area contributed by atoms with E-state index in [2.05, 4.69) is 5.32 Å². The maximum atomic E-state index is 10.9. The molecule has 0 amide bonds. The summed E-state index contributed by atoms with van der Waals surface area (Å²) in [5, 5.41) is 13.6. The van der Waals surface area contributed by atoms with Crippen LogP contribution >= 0.6 is 11.6 Å². The summed E-state index contributed by atoms with van der Waals surface area (Å²) in [7, 11) is 0.